The van der Waals surface area contributed by atoms with Gasteiger partial charge in [0.2, 0.25) is 0 Å². The van der Waals surface area contributed by atoms with Gasteiger partial charge in [0.05, 0.1) is 12.7 Å². The van der Waals surface area contributed by atoms with Crippen LogP contribution < -0.4 is 5.73 Å². The van der Waals surface area contributed by atoms with Gasteiger partial charge in [-0.3, -0.25) is 0 Å². The molecule has 0 aliphatic rings. The van der Waals surface area contributed by atoms with Crippen molar-refractivity contribution in [3.8, 4) is 0 Å². The molecular weight excluding hydrogens is 193 g/mol. The zero-order valence-corrected chi connectivity index (χ0v) is 8.44. The van der Waals surface area contributed by atoms with Crippen LogP contribution >= 0.6 is 0 Å². The molecule has 1 aromatic carbocycles. The largest absolute Gasteiger partial charge is 0.384 e. The van der Waals surface area contributed by atoms with Crippen LogP contribution in [-0.4, -0.2) is 9.78 Å². The molecule has 0 amide bonds. The molecule has 2 rings (SSSR count). The summed E-state index contributed by atoms with van der Waals surface area (Å²) in [6.45, 7) is 2.48. The van der Waals surface area contributed by atoms with E-state index >= 15 is 0 Å². The van der Waals surface area contributed by atoms with Crippen molar-refractivity contribution in [2.24, 2.45) is 0 Å². The highest BCUT2D eigenvalue weighted by Crippen LogP contribution is 2.11. The number of hydrogen-bond acceptors (Lipinski definition) is 2. The molecule has 0 aliphatic carbocycles. The molecule has 78 valence electrons. The summed E-state index contributed by atoms with van der Waals surface area (Å²) < 4.78 is 14.4. The van der Waals surface area contributed by atoms with E-state index in [0.717, 1.165) is 11.1 Å². The van der Waals surface area contributed by atoms with E-state index in [2.05, 4.69) is 5.10 Å². The number of hydrogen-bond donors (Lipinski definition) is 1. The normalized spacial score (nSPS) is 10.5. The molecule has 0 bridgehead atoms. The number of halogens is 1. The Hall–Kier alpha value is -1.84. The molecule has 15 heavy (non-hydrogen) atoms. The van der Waals surface area contributed by atoms with Gasteiger partial charge in [-0.05, 0) is 24.6 Å². The van der Waals surface area contributed by atoms with Crippen LogP contribution in [0.5, 0.6) is 0 Å². The maximum atomic E-state index is 12.7. The van der Waals surface area contributed by atoms with E-state index in [-0.39, 0.29) is 5.82 Å². The Labute approximate surface area is 87.3 Å². The second-order valence-electron chi connectivity index (χ2n) is 3.50. The summed E-state index contributed by atoms with van der Waals surface area (Å²) in [6, 6.07) is 6.32. The molecule has 0 unspecified atom stereocenters. The fourth-order valence-corrected chi connectivity index (χ4v) is 1.38. The Morgan fingerprint density at radius 1 is 1.33 bits per heavy atom. The van der Waals surface area contributed by atoms with Crippen LogP contribution in [-0.2, 0) is 6.54 Å². The number of anilines is 1. The highest BCUT2D eigenvalue weighted by Gasteiger charge is 2.03. The van der Waals surface area contributed by atoms with Gasteiger partial charge in [-0.15, -0.1) is 0 Å². The molecule has 1 aromatic heterocycles. The third kappa shape index (κ3) is 1.98. The molecule has 0 fully saturated rings. The molecule has 0 spiro atoms. The van der Waals surface area contributed by atoms with Gasteiger partial charge in [-0.25, -0.2) is 9.07 Å². The van der Waals surface area contributed by atoms with Crippen molar-refractivity contribution in [2.45, 2.75) is 13.5 Å². The van der Waals surface area contributed by atoms with Crippen molar-refractivity contribution in [1.29, 1.82) is 0 Å². The minimum Gasteiger partial charge on any atom is -0.384 e. The summed E-state index contributed by atoms with van der Waals surface area (Å²) in [5, 5.41) is 4.13. The summed E-state index contributed by atoms with van der Waals surface area (Å²) in [5.41, 5.74) is 7.74. The molecular formula is C11H12FN3. The zero-order chi connectivity index (χ0) is 10.8. The highest BCUT2D eigenvalue weighted by atomic mass is 19.1. The molecule has 2 aromatic rings. The van der Waals surface area contributed by atoms with Crippen molar-refractivity contribution in [2.75, 3.05) is 5.73 Å². The Kier molecular flexibility index (Phi) is 2.41. The van der Waals surface area contributed by atoms with Crippen molar-refractivity contribution < 1.29 is 4.39 Å². The lowest BCUT2D eigenvalue weighted by atomic mass is 10.2. The van der Waals surface area contributed by atoms with Crippen LogP contribution in [0, 0.1) is 12.7 Å². The topological polar surface area (TPSA) is 43.8 Å². The highest BCUT2D eigenvalue weighted by molar-refractivity contribution is 5.37. The number of nitrogen functional groups attached to an aromatic ring is 1. The number of aromatic nitrogens is 2. The Morgan fingerprint density at radius 3 is 2.53 bits per heavy atom. The number of nitrogens with two attached hydrogens (primary N) is 1. The van der Waals surface area contributed by atoms with Crippen LogP contribution in [0.1, 0.15) is 11.1 Å². The van der Waals surface area contributed by atoms with E-state index in [1.54, 1.807) is 23.0 Å². The molecule has 1 heterocycles. The molecule has 3 nitrogen and oxygen atoms in total. The number of aryl methyl sites for hydroxylation is 1. The fourth-order valence-electron chi connectivity index (χ4n) is 1.38. The first-order chi connectivity index (χ1) is 7.16. The van der Waals surface area contributed by atoms with Crippen molar-refractivity contribution in [3.63, 3.8) is 0 Å². The van der Waals surface area contributed by atoms with E-state index in [1.807, 2.05) is 6.92 Å². The van der Waals surface area contributed by atoms with Gasteiger partial charge in [-0.1, -0.05) is 12.1 Å². The van der Waals surface area contributed by atoms with Crippen molar-refractivity contribution in [1.82, 2.24) is 9.78 Å². The van der Waals surface area contributed by atoms with Gasteiger partial charge in [0.25, 0.3) is 0 Å². The molecule has 0 atom stereocenters. The lowest BCUT2D eigenvalue weighted by Gasteiger charge is -2.04. The average molecular weight is 205 g/mol. The maximum absolute atomic E-state index is 12.7. The van der Waals surface area contributed by atoms with E-state index < -0.39 is 0 Å². The number of nitrogens with zero attached hydrogens (tertiary/aromatic N) is 2. The summed E-state index contributed by atoms with van der Waals surface area (Å²) in [5.74, 6) is 0.419. The number of benzene rings is 1. The molecule has 4 heteroatoms. The summed E-state index contributed by atoms with van der Waals surface area (Å²) in [4.78, 5) is 0. The molecule has 0 saturated heterocycles. The first-order valence-electron chi connectivity index (χ1n) is 4.69. The average Bonchev–Trinajstić information content (AvgIpc) is 2.53. The van der Waals surface area contributed by atoms with Crippen molar-refractivity contribution >= 4 is 5.82 Å². The number of rotatable bonds is 2. The Balaban J connectivity index is 2.22. The predicted molar refractivity (Wildman–Crippen MR) is 56.9 cm³/mol. The minimum atomic E-state index is -0.233. The fraction of sp³-hybridized carbons (Fsp3) is 0.182. The lowest BCUT2D eigenvalue weighted by Crippen LogP contribution is -2.06. The quantitative estimate of drug-likeness (QED) is 0.814. The van der Waals surface area contributed by atoms with Gasteiger partial charge in [0.15, 0.2) is 0 Å². The monoisotopic (exact) mass is 205 g/mol. The summed E-state index contributed by atoms with van der Waals surface area (Å²) >= 11 is 0. The lowest BCUT2D eigenvalue weighted by molar-refractivity contribution is 0.625. The van der Waals surface area contributed by atoms with Gasteiger partial charge >= 0.3 is 0 Å². The van der Waals surface area contributed by atoms with Gasteiger partial charge < -0.3 is 5.73 Å². The minimum absolute atomic E-state index is 0.233. The second-order valence-corrected chi connectivity index (χ2v) is 3.50. The summed E-state index contributed by atoms with van der Waals surface area (Å²) in [6.07, 6.45) is 1.72. The van der Waals surface area contributed by atoms with E-state index in [4.69, 9.17) is 5.73 Å². The van der Waals surface area contributed by atoms with Crippen LogP contribution in [0.2, 0.25) is 0 Å². The van der Waals surface area contributed by atoms with E-state index in [1.165, 1.54) is 12.1 Å². The Bertz CT molecular complexity index is 459. The third-order valence-electron chi connectivity index (χ3n) is 2.32. The predicted octanol–water partition coefficient (Wildman–Crippen LogP) is 1.96. The van der Waals surface area contributed by atoms with Gasteiger partial charge in [0.1, 0.15) is 11.6 Å². The SMILES string of the molecule is Cc1cnn(Cc2ccc(F)cc2)c1N. The molecule has 0 radical (unpaired) electrons. The first kappa shape index (κ1) is 9.71. The molecule has 2 N–H and O–H groups in total. The van der Waals surface area contributed by atoms with Crippen LogP contribution in [0.4, 0.5) is 10.2 Å². The molecule has 0 saturated carbocycles. The maximum Gasteiger partial charge on any atom is 0.124 e. The standard InChI is InChI=1S/C11H12FN3/c1-8-6-14-15(11(8)13)7-9-2-4-10(12)5-3-9/h2-6H,7,13H2,1H3. The third-order valence-corrected chi connectivity index (χ3v) is 2.32. The summed E-state index contributed by atoms with van der Waals surface area (Å²) in [7, 11) is 0. The van der Waals surface area contributed by atoms with Gasteiger partial charge in [-0.2, -0.15) is 5.10 Å². The smallest absolute Gasteiger partial charge is 0.124 e. The van der Waals surface area contributed by atoms with Gasteiger partial charge in [0, 0.05) is 5.56 Å². The van der Waals surface area contributed by atoms with Crippen LogP contribution in [0.3, 0.4) is 0 Å². The van der Waals surface area contributed by atoms with E-state index in [9.17, 15) is 4.39 Å². The second kappa shape index (κ2) is 3.73. The van der Waals surface area contributed by atoms with Crippen LogP contribution in [0.25, 0.3) is 0 Å². The van der Waals surface area contributed by atoms with Crippen molar-refractivity contribution in [3.05, 3.63) is 47.4 Å². The van der Waals surface area contributed by atoms with E-state index in [0.29, 0.717) is 12.4 Å². The molecule has 0 aliphatic heterocycles. The van der Waals surface area contributed by atoms with Crippen LogP contribution in [0.15, 0.2) is 30.5 Å². The Morgan fingerprint density at radius 2 is 2.00 bits per heavy atom. The zero-order valence-electron chi connectivity index (χ0n) is 8.44. The first-order valence-corrected chi connectivity index (χ1v) is 4.69.